The summed E-state index contributed by atoms with van der Waals surface area (Å²) in [6, 6.07) is 0. The predicted molar refractivity (Wildman–Crippen MR) is 284 cm³/mol. The molecule has 0 aliphatic heterocycles. The van der Waals surface area contributed by atoms with E-state index >= 15 is 0 Å². The molecule has 0 aliphatic rings. The summed E-state index contributed by atoms with van der Waals surface area (Å²) < 4.78 is 16.8. The summed E-state index contributed by atoms with van der Waals surface area (Å²) in [5.74, 6) is -0.933. The van der Waals surface area contributed by atoms with E-state index in [4.69, 9.17) is 14.2 Å². The molecule has 0 aromatic rings. The van der Waals surface area contributed by atoms with Gasteiger partial charge in [0.25, 0.3) is 0 Å². The van der Waals surface area contributed by atoms with Crippen molar-refractivity contribution < 1.29 is 28.6 Å². The van der Waals surface area contributed by atoms with E-state index in [0.29, 0.717) is 19.3 Å². The molecule has 0 bridgehead atoms. The summed E-state index contributed by atoms with van der Waals surface area (Å²) in [6.45, 7) is 6.43. The zero-order valence-electron chi connectivity index (χ0n) is 42.9. The number of hydrogen-bond donors (Lipinski definition) is 0. The molecular weight excluding hydrogens is 817 g/mol. The van der Waals surface area contributed by atoms with Crippen molar-refractivity contribution in [3.05, 3.63) is 97.2 Å². The van der Waals surface area contributed by atoms with Gasteiger partial charge in [-0.15, -0.1) is 0 Å². The van der Waals surface area contributed by atoms with Crippen molar-refractivity contribution in [2.75, 3.05) is 13.2 Å². The topological polar surface area (TPSA) is 78.9 Å². The van der Waals surface area contributed by atoms with E-state index in [2.05, 4.69) is 118 Å². The van der Waals surface area contributed by atoms with Gasteiger partial charge in [0.1, 0.15) is 13.2 Å². The average Bonchev–Trinajstić information content (AvgIpc) is 3.31. The SMILES string of the molecule is CC\C=C/C=C\C=C/CCCCCCCCCC(=O)OC(COC(=O)CCCCCCC\C=C/C=C\C=C/C=C\CCCCC)COC(=O)CCCCCCCCC/C=C\CCCCCC. The molecule has 0 heterocycles. The number of esters is 3. The van der Waals surface area contributed by atoms with E-state index in [9.17, 15) is 14.4 Å². The molecule has 0 spiro atoms. The normalized spacial score (nSPS) is 12.8. The van der Waals surface area contributed by atoms with E-state index in [1.165, 1.54) is 103 Å². The maximum absolute atomic E-state index is 12.8. The Balaban J connectivity index is 4.47. The van der Waals surface area contributed by atoms with Crippen molar-refractivity contribution in [2.45, 2.75) is 252 Å². The maximum atomic E-state index is 12.8. The lowest BCUT2D eigenvalue weighted by Gasteiger charge is -2.18. The van der Waals surface area contributed by atoms with Crippen LogP contribution in [0.1, 0.15) is 245 Å². The van der Waals surface area contributed by atoms with Gasteiger partial charge in [-0.1, -0.05) is 234 Å². The van der Waals surface area contributed by atoms with Crippen LogP contribution in [0.4, 0.5) is 0 Å². The highest BCUT2D eigenvalue weighted by Gasteiger charge is 2.19. The number of carbonyl (C=O) groups is 3. The Hall–Kier alpha value is -3.67. The first-order chi connectivity index (χ1) is 32.5. The summed E-state index contributed by atoms with van der Waals surface area (Å²) in [5.41, 5.74) is 0. The standard InChI is InChI=1S/C60H100O6/c1-4-7-10-13-16-19-22-25-28-29-30-33-35-38-41-44-47-50-53-59(62)65-56-57(66-60(63)54-51-48-45-42-39-36-32-27-24-21-18-15-12-9-6-3)55-64-58(61)52-49-46-43-40-37-34-31-26-23-20-17-14-11-8-5-2/h9,12,15-16,18-25,28-30,33,57H,4-8,10-11,13-14,17,26-27,31-32,34-56H2,1-3H3/b12-9-,18-15-,19-16-,23-20-,24-21-,25-22-,29-28-,33-30-. The maximum Gasteiger partial charge on any atom is 0.306 e. The van der Waals surface area contributed by atoms with Gasteiger partial charge >= 0.3 is 17.9 Å². The minimum absolute atomic E-state index is 0.0934. The molecule has 0 fully saturated rings. The average molecular weight is 917 g/mol. The van der Waals surface area contributed by atoms with E-state index in [1.807, 2.05) is 0 Å². The highest BCUT2D eigenvalue weighted by Crippen LogP contribution is 2.14. The van der Waals surface area contributed by atoms with Crippen LogP contribution in [0.15, 0.2) is 97.2 Å². The zero-order chi connectivity index (χ0) is 47.9. The number of unbranched alkanes of at least 4 members (excludes halogenated alkanes) is 26. The second-order valence-electron chi connectivity index (χ2n) is 17.9. The second kappa shape index (κ2) is 53.9. The summed E-state index contributed by atoms with van der Waals surface area (Å²) >= 11 is 0. The lowest BCUT2D eigenvalue weighted by Crippen LogP contribution is -2.30. The van der Waals surface area contributed by atoms with Crippen LogP contribution in [-0.4, -0.2) is 37.2 Å². The van der Waals surface area contributed by atoms with Crippen molar-refractivity contribution in [3.63, 3.8) is 0 Å². The van der Waals surface area contributed by atoms with Gasteiger partial charge in [-0.2, -0.15) is 0 Å². The lowest BCUT2D eigenvalue weighted by atomic mass is 10.1. The van der Waals surface area contributed by atoms with Gasteiger partial charge in [-0.3, -0.25) is 14.4 Å². The first-order valence-electron chi connectivity index (χ1n) is 27.3. The van der Waals surface area contributed by atoms with Crippen LogP contribution in [-0.2, 0) is 28.6 Å². The second-order valence-corrected chi connectivity index (χ2v) is 17.9. The first kappa shape index (κ1) is 62.3. The van der Waals surface area contributed by atoms with Gasteiger partial charge in [0, 0.05) is 19.3 Å². The molecule has 0 saturated carbocycles. The fourth-order valence-electron chi connectivity index (χ4n) is 7.33. The van der Waals surface area contributed by atoms with E-state index in [-0.39, 0.29) is 31.1 Å². The van der Waals surface area contributed by atoms with E-state index in [0.717, 1.165) is 103 Å². The summed E-state index contributed by atoms with van der Waals surface area (Å²) in [6.07, 6.45) is 70.9. The van der Waals surface area contributed by atoms with Crippen LogP contribution >= 0.6 is 0 Å². The molecule has 0 aliphatic carbocycles. The molecule has 0 aromatic heterocycles. The summed E-state index contributed by atoms with van der Waals surface area (Å²) in [4.78, 5) is 38.1. The highest BCUT2D eigenvalue weighted by molar-refractivity contribution is 5.71. The number of ether oxygens (including phenoxy) is 3. The molecule has 1 atom stereocenters. The minimum atomic E-state index is -0.797. The van der Waals surface area contributed by atoms with Crippen LogP contribution in [0.5, 0.6) is 0 Å². The minimum Gasteiger partial charge on any atom is -0.462 e. The Bertz CT molecular complexity index is 1330. The van der Waals surface area contributed by atoms with Crippen molar-refractivity contribution in [2.24, 2.45) is 0 Å². The Morgan fingerprint density at radius 2 is 0.606 bits per heavy atom. The van der Waals surface area contributed by atoms with Crippen molar-refractivity contribution >= 4 is 17.9 Å². The van der Waals surface area contributed by atoms with Crippen LogP contribution in [0, 0.1) is 0 Å². The van der Waals surface area contributed by atoms with Crippen LogP contribution in [0.2, 0.25) is 0 Å². The van der Waals surface area contributed by atoms with E-state index in [1.54, 1.807) is 0 Å². The third-order valence-corrected chi connectivity index (χ3v) is 11.4. The van der Waals surface area contributed by atoms with Gasteiger partial charge in [-0.25, -0.2) is 0 Å². The van der Waals surface area contributed by atoms with Crippen LogP contribution in [0.25, 0.3) is 0 Å². The summed E-state index contributed by atoms with van der Waals surface area (Å²) in [7, 11) is 0. The first-order valence-corrected chi connectivity index (χ1v) is 27.3. The Kier molecular flexibility index (Phi) is 50.9. The molecular formula is C60H100O6. The van der Waals surface area contributed by atoms with Crippen LogP contribution in [0.3, 0.4) is 0 Å². The third kappa shape index (κ3) is 51.3. The molecule has 6 nitrogen and oxygen atoms in total. The molecule has 0 radical (unpaired) electrons. The fourth-order valence-corrected chi connectivity index (χ4v) is 7.33. The Labute approximate surface area is 407 Å². The Morgan fingerprint density at radius 3 is 1.00 bits per heavy atom. The number of allylic oxidation sites excluding steroid dienone is 16. The van der Waals surface area contributed by atoms with Gasteiger partial charge in [0.15, 0.2) is 6.10 Å². The lowest BCUT2D eigenvalue weighted by molar-refractivity contribution is -0.167. The smallest absolute Gasteiger partial charge is 0.306 e. The highest BCUT2D eigenvalue weighted by atomic mass is 16.6. The van der Waals surface area contributed by atoms with Gasteiger partial charge < -0.3 is 14.2 Å². The van der Waals surface area contributed by atoms with E-state index < -0.39 is 6.10 Å². The monoisotopic (exact) mass is 917 g/mol. The molecule has 0 rings (SSSR count). The molecule has 0 amide bonds. The van der Waals surface area contributed by atoms with Crippen molar-refractivity contribution in [3.8, 4) is 0 Å². The van der Waals surface area contributed by atoms with Gasteiger partial charge in [-0.05, 0) is 89.9 Å². The summed E-state index contributed by atoms with van der Waals surface area (Å²) in [5, 5.41) is 0. The van der Waals surface area contributed by atoms with Gasteiger partial charge in [0.05, 0.1) is 0 Å². The molecule has 0 aromatic carbocycles. The Morgan fingerprint density at radius 1 is 0.318 bits per heavy atom. The number of carbonyl (C=O) groups excluding carboxylic acids is 3. The number of hydrogen-bond acceptors (Lipinski definition) is 6. The fraction of sp³-hybridized carbons (Fsp3) is 0.683. The molecule has 66 heavy (non-hydrogen) atoms. The third-order valence-electron chi connectivity index (χ3n) is 11.4. The largest absolute Gasteiger partial charge is 0.462 e. The van der Waals surface area contributed by atoms with Crippen molar-refractivity contribution in [1.82, 2.24) is 0 Å². The number of rotatable bonds is 48. The zero-order valence-corrected chi connectivity index (χ0v) is 42.9. The molecule has 1 unspecified atom stereocenters. The molecule has 376 valence electrons. The molecule has 0 saturated heterocycles. The molecule has 6 heteroatoms. The quantitative estimate of drug-likeness (QED) is 0.0199. The molecule has 0 N–H and O–H groups in total. The predicted octanol–water partition coefficient (Wildman–Crippen LogP) is 18.1. The van der Waals surface area contributed by atoms with Crippen molar-refractivity contribution in [1.29, 1.82) is 0 Å². The van der Waals surface area contributed by atoms with Crippen LogP contribution < -0.4 is 0 Å². The van der Waals surface area contributed by atoms with Gasteiger partial charge in [0.2, 0.25) is 0 Å².